The van der Waals surface area contributed by atoms with E-state index in [1.54, 1.807) is 0 Å². The van der Waals surface area contributed by atoms with Crippen molar-refractivity contribution in [2.45, 2.75) is 174 Å². The van der Waals surface area contributed by atoms with Crippen LogP contribution in [0, 0.1) is 22.2 Å². The van der Waals surface area contributed by atoms with Crippen molar-refractivity contribution >= 4 is 29.5 Å². The summed E-state index contributed by atoms with van der Waals surface area (Å²) in [6.45, 7) is 36.9. The van der Waals surface area contributed by atoms with E-state index in [4.69, 9.17) is 9.47 Å². The number of aliphatic carboxylic acids is 1. The minimum atomic E-state index is -1.02. The first-order valence-corrected chi connectivity index (χ1v) is 25.4. The topological polar surface area (TPSA) is 127 Å². The van der Waals surface area contributed by atoms with E-state index in [2.05, 4.69) is 83.8 Å². The number of carboxylic acid groups (broad SMARTS) is 1. The maximum absolute atomic E-state index is 11.9. The Morgan fingerprint density at radius 3 is 1.20 bits per heavy atom. The molecule has 1 atom stereocenters. The van der Waals surface area contributed by atoms with Crippen molar-refractivity contribution in [3.8, 4) is 0 Å². The summed E-state index contributed by atoms with van der Waals surface area (Å²) < 4.78 is 14.0. The van der Waals surface area contributed by atoms with Gasteiger partial charge in [0.15, 0.2) is 0 Å². The number of carbonyl (C=O) groups excluding carboxylic acids is 5. The molecule has 0 bridgehead atoms. The number of Topliss-reactive ketones (excluding diaryl/α,β-unsaturated/α-hetero) is 2. The van der Waals surface area contributed by atoms with E-state index in [0.29, 0.717) is 35.7 Å². The number of carbonyl (C=O) groups is 5. The molecule has 0 aliphatic heterocycles. The number of ketones is 2. The molecule has 0 aliphatic carbocycles. The number of hydrogen-bond acceptors (Lipinski definition) is 8. The summed E-state index contributed by atoms with van der Waals surface area (Å²) >= 11 is 0. The molecule has 65 heavy (non-hydrogen) atoms. The van der Waals surface area contributed by atoms with Gasteiger partial charge in [-0.2, -0.15) is 0 Å². The van der Waals surface area contributed by atoms with Crippen molar-refractivity contribution in [2.24, 2.45) is 22.2 Å². The Morgan fingerprint density at radius 2 is 0.831 bits per heavy atom. The Morgan fingerprint density at radius 1 is 0.477 bits per heavy atom. The third-order valence-electron chi connectivity index (χ3n) is 14.0. The molecule has 12 nitrogen and oxygen atoms in total. The number of ether oxygens (including phenoxy) is 2. The molecule has 0 saturated heterocycles. The van der Waals surface area contributed by atoms with Crippen molar-refractivity contribution in [2.75, 3.05) is 122 Å². The summed E-state index contributed by atoms with van der Waals surface area (Å²) in [6.07, 6.45) is 10.9. The second-order valence-electron chi connectivity index (χ2n) is 22.9. The van der Waals surface area contributed by atoms with Crippen LogP contribution < -0.4 is 5.11 Å². The minimum Gasteiger partial charge on any atom is -0.544 e. The normalized spacial score (nSPS) is 12.9. The number of carboxylic acids is 1. The Bertz CT molecular complexity index is 1320. The summed E-state index contributed by atoms with van der Waals surface area (Å²) in [5, 5.41) is 10.5. The molecule has 0 aromatic carbocycles. The smallest absolute Gasteiger partial charge is 0.311 e. The van der Waals surface area contributed by atoms with E-state index < -0.39 is 5.97 Å². The maximum atomic E-state index is 11.9. The molecule has 0 rings (SSSR count). The lowest BCUT2D eigenvalue weighted by Crippen LogP contribution is -2.48. The monoisotopic (exact) mass is 932 g/mol. The lowest BCUT2D eigenvalue weighted by atomic mass is 9.83. The largest absolute Gasteiger partial charge is 0.544 e. The molecule has 1 unspecified atom stereocenters. The second-order valence-corrected chi connectivity index (χ2v) is 22.9. The molecule has 12 heteroatoms. The van der Waals surface area contributed by atoms with Crippen LogP contribution in [-0.4, -0.2) is 169 Å². The van der Waals surface area contributed by atoms with E-state index in [1.165, 1.54) is 6.54 Å². The molecule has 0 saturated carbocycles. The molecule has 0 fully saturated rings. The highest BCUT2D eigenvalue weighted by molar-refractivity contribution is 5.84. The number of hydrogen-bond donors (Lipinski definition) is 0. The average molecular weight is 932 g/mol. The van der Waals surface area contributed by atoms with Gasteiger partial charge in [0.25, 0.3) is 0 Å². The van der Waals surface area contributed by atoms with Crippen molar-refractivity contribution in [3.63, 3.8) is 0 Å². The molecule has 0 N–H and O–H groups in total. The maximum Gasteiger partial charge on any atom is 0.311 e. The highest BCUT2D eigenvalue weighted by Crippen LogP contribution is 2.24. The van der Waals surface area contributed by atoms with Crippen LogP contribution >= 0.6 is 0 Å². The molecular weight excluding hydrogens is 821 g/mol. The van der Waals surface area contributed by atoms with Crippen LogP contribution in [0.5, 0.6) is 0 Å². The van der Waals surface area contributed by atoms with Crippen molar-refractivity contribution in [3.05, 3.63) is 0 Å². The number of unbranched alkanes of at least 4 members (excludes halogenated alkanes) is 3. The SMILES string of the molecule is CCC(C)(C)C(=O)CCCC[N+](C)(C)CC.CCC(C)(C)C(=O)OCCCC[N+](C)(C)CC.CCC(C)(C)C(=O)OCC[N+](C)(C)CC.CCC(C)C(=O)CCCC[N+](C)(C)CC(=O)[O-]. The molecule has 0 spiro atoms. The quantitative estimate of drug-likeness (QED) is 0.0384. The van der Waals surface area contributed by atoms with Crippen LogP contribution in [-0.2, 0) is 33.4 Å². The van der Waals surface area contributed by atoms with Crippen LogP contribution in [0.4, 0.5) is 0 Å². The lowest BCUT2D eigenvalue weighted by molar-refractivity contribution is -0.888. The van der Waals surface area contributed by atoms with Gasteiger partial charge in [-0.25, -0.2) is 0 Å². The first-order valence-electron chi connectivity index (χ1n) is 25.4. The van der Waals surface area contributed by atoms with Gasteiger partial charge in [-0.15, -0.1) is 0 Å². The van der Waals surface area contributed by atoms with E-state index in [1.807, 2.05) is 69.5 Å². The van der Waals surface area contributed by atoms with Crippen LogP contribution in [0.3, 0.4) is 0 Å². The van der Waals surface area contributed by atoms with Crippen LogP contribution in [0.15, 0.2) is 0 Å². The molecule has 0 aromatic heterocycles. The van der Waals surface area contributed by atoms with Gasteiger partial charge in [-0.1, -0.05) is 48.5 Å². The van der Waals surface area contributed by atoms with Gasteiger partial charge in [0.2, 0.25) is 0 Å². The van der Waals surface area contributed by atoms with Gasteiger partial charge in [-0.05, 0) is 113 Å². The van der Waals surface area contributed by atoms with Crippen molar-refractivity contribution in [1.82, 2.24) is 0 Å². The fourth-order valence-electron chi connectivity index (χ4n) is 5.45. The summed E-state index contributed by atoms with van der Waals surface area (Å²) in [5.41, 5.74) is -0.794. The van der Waals surface area contributed by atoms with Crippen LogP contribution in [0.1, 0.15) is 174 Å². The number of rotatable bonds is 31. The summed E-state index contributed by atoms with van der Waals surface area (Å²) in [6, 6.07) is 0. The van der Waals surface area contributed by atoms with Crippen LogP contribution in [0.2, 0.25) is 0 Å². The van der Waals surface area contributed by atoms with Crippen molar-refractivity contribution in [1.29, 1.82) is 0 Å². The first-order chi connectivity index (χ1) is 29.5. The summed E-state index contributed by atoms with van der Waals surface area (Å²) in [7, 11) is 17.0. The number of nitrogens with zero attached hydrogens (tertiary/aromatic N) is 4. The highest BCUT2D eigenvalue weighted by Gasteiger charge is 2.29. The Hall–Kier alpha value is -2.41. The Kier molecular flexibility index (Phi) is 36.1. The molecule has 0 heterocycles. The van der Waals surface area contributed by atoms with Gasteiger partial charge in [0.05, 0.1) is 119 Å². The zero-order chi connectivity index (χ0) is 51.9. The van der Waals surface area contributed by atoms with E-state index in [-0.39, 0.29) is 40.6 Å². The molecule has 0 aromatic rings. The molecule has 0 aliphatic rings. The predicted octanol–water partition coefficient (Wildman–Crippen LogP) is 8.76. The van der Waals surface area contributed by atoms with Gasteiger partial charge in [0, 0.05) is 24.2 Å². The standard InChI is InChI=1S/C14H30NO2.C14H30NO.C13H25NO3.C12H26NO2/c1-7-14(3,4)13(16)17-12-10-9-11-15(5,6)8-2;1-7-14(3,4)13(16)11-9-10-12-15(5,6)8-2;1-5-11(2)12(15)8-6-7-9-14(3,4)10-13(16)17;1-7-12(3,4)11(14)15-10-9-13(5,6)8-2/h7-12H2,1-6H3;7-12H2,1-6H3;11H,5-10H2,1-4H3;7-10H2,1-6H3/q2*+1;;+1. The number of esters is 2. The molecular formula is C53H111N4O8+3. The summed E-state index contributed by atoms with van der Waals surface area (Å²) in [4.78, 5) is 57.3. The third-order valence-corrected chi connectivity index (χ3v) is 14.0. The predicted molar refractivity (Wildman–Crippen MR) is 270 cm³/mol. The molecule has 0 radical (unpaired) electrons. The van der Waals surface area contributed by atoms with Gasteiger partial charge in [-0.3, -0.25) is 19.2 Å². The average Bonchev–Trinajstić information content (AvgIpc) is 3.23. The minimum absolute atomic E-state index is 0.0271. The zero-order valence-electron chi connectivity index (χ0n) is 47.2. The van der Waals surface area contributed by atoms with E-state index >= 15 is 0 Å². The number of likely N-dealkylation sites (N-methyl/N-ethyl adjacent to an activating group) is 2. The lowest BCUT2D eigenvalue weighted by Gasteiger charge is -2.30. The highest BCUT2D eigenvalue weighted by atomic mass is 16.5. The zero-order valence-corrected chi connectivity index (χ0v) is 47.2. The van der Waals surface area contributed by atoms with E-state index in [9.17, 15) is 29.1 Å². The Balaban J connectivity index is -0.000000382. The fourth-order valence-corrected chi connectivity index (χ4v) is 5.45. The molecule has 0 amide bonds. The third kappa shape index (κ3) is 37.3. The second kappa shape index (κ2) is 34.0. The van der Waals surface area contributed by atoms with Gasteiger partial charge in [0.1, 0.15) is 31.3 Å². The van der Waals surface area contributed by atoms with Gasteiger partial charge >= 0.3 is 11.9 Å². The van der Waals surface area contributed by atoms with E-state index in [0.717, 1.165) is 123 Å². The molecule has 388 valence electrons. The summed E-state index contributed by atoms with van der Waals surface area (Å²) in [5.74, 6) is -0.272. The van der Waals surface area contributed by atoms with Gasteiger partial charge < -0.3 is 37.3 Å². The van der Waals surface area contributed by atoms with Crippen LogP contribution in [0.25, 0.3) is 0 Å². The first kappa shape index (κ1) is 69.2. The fraction of sp³-hybridized carbons (Fsp3) is 0.906. The Labute approximate surface area is 402 Å². The number of quaternary nitrogens is 4. The van der Waals surface area contributed by atoms with Crippen molar-refractivity contribution < 1.29 is 56.5 Å².